The average molecular weight is 483 g/mol. The second-order valence-corrected chi connectivity index (χ2v) is 9.46. The van der Waals surface area contributed by atoms with Crippen LogP contribution in [0.2, 0.25) is 0 Å². The van der Waals surface area contributed by atoms with E-state index in [0.717, 1.165) is 42.5 Å². The Bertz CT molecular complexity index is 1040. The number of nitrogens with two attached hydrogens (primary N) is 1. The van der Waals surface area contributed by atoms with Crippen LogP contribution in [-0.4, -0.2) is 65.0 Å². The third kappa shape index (κ3) is 7.26. The lowest BCUT2D eigenvalue weighted by Crippen LogP contribution is -2.34. The molecule has 0 bridgehead atoms. The van der Waals surface area contributed by atoms with E-state index in [9.17, 15) is 4.79 Å². The van der Waals surface area contributed by atoms with Crippen LogP contribution >= 0.6 is 11.8 Å². The van der Waals surface area contributed by atoms with Crippen LogP contribution in [0.5, 0.6) is 0 Å². The third-order valence-corrected chi connectivity index (χ3v) is 6.53. The Hall–Kier alpha value is -2.98. The number of aromatic nitrogens is 2. The van der Waals surface area contributed by atoms with Gasteiger partial charge in [0.25, 0.3) is 0 Å². The number of carbonyl (C=O) groups is 1. The molecule has 1 aliphatic rings. The summed E-state index contributed by atoms with van der Waals surface area (Å²) < 4.78 is 0. The number of nitrogens with zero attached hydrogens (tertiary/aromatic N) is 5. The van der Waals surface area contributed by atoms with Gasteiger partial charge in [-0.3, -0.25) is 4.79 Å². The van der Waals surface area contributed by atoms with Crippen LogP contribution in [0.4, 0.5) is 17.3 Å². The van der Waals surface area contributed by atoms with E-state index in [2.05, 4.69) is 39.1 Å². The van der Waals surface area contributed by atoms with Gasteiger partial charge in [0.2, 0.25) is 5.91 Å². The lowest BCUT2D eigenvalue weighted by molar-refractivity contribution is -0.115. The lowest BCUT2D eigenvalue weighted by atomic mass is 10.2. The summed E-state index contributed by atoms with van der Waals surface area (Å²) >= 11 is 1.44. The summed E-state index contributed by atoms with van der Waals surface area (Å²) in [7, 11) is 2.15. The van der Waals surface area contributed by atoms with Gasteiger partial charge in [-0.1, -0.05) is 13.8 Å². The van der Waals surface area contributed by atoms with Crippen molar-refractivity contribution < 1.29 is 4.79 Å². The largest absolute Gasteiger partial charge is 0.387 e. The third-order valence-electron chi connectivity index (χ3n) is 5.66. The topological polar surface area (TPSA) is 124 Å². The zero-order valence-corrected chi connectivity index (χ0v) is 21.2. The quantitative estimate of drug-likeness (QED) is 0.266. The van der Waals surface area contributed by atoms with Crippen molar-refractivity contribution in [2.75, 3.05) is 36.9 Å². The molecule has 1 aliphatic heterocycles. The second kappa shape index (κ2) is 11.9. The zero-order valence-electron chi connectivity index (χ0n) is 20.3. The SMILES string of the molecule is CCC(=O)Nc1ccc(Sc2nc(N=C(N)CC(C)=N)cc(N3CC[C@H](N(C)CC)C3)n2)cc1. The first-order valence-corrected chi connectivity index (χ1v) is 12.4. The molecule has 0 unspecified atom stereocenters. The first-order valence-electron chi connectivity index (χ1n) is 11.6. The van der Waals surface area contributed by atoms with E-state index in [1.54, 1.807) is 6.92 Å². The first-order chi connectivity index (χ1) is 16.3. The van der Waals surface area contributed by atoms with Gasteiger partial charge in [-0.15, -0.1) is 0 Å². The fourth-order valence-corrected chi connectivity index (χ4v) is 4.41. The first kappa shape index (κ1) is 25.6. The highest BCUT2D eigenvalue weighted by atomic mass is 32.2. The maximum atomic E-state index is 11.6. The van der Waals surface area contributed by atoms with Crippen LogP contribution in [0, 0.1) is 5.41 Å². The highest BCUT2D eigenvalue weighted by Gasteiger charge is 2.26. The number of rotatable bonds is 10. The number of hydrogen-bond acceptors (Lipinski definition) is 8. The van der Waals surface area contributed by atoms with Crippen molar-refractivity contribution in [1.82, 2.24) is 14.9 Å². The molecular formula is C24H34N8OS. The normalized spacial score (nSPS) is 16.2. The summed E-state index contributed by atoms with van der Waals surface area (Å²) in [4.78, 5) is 31.1. The Kier molecular flexibility index (Phi) is 9.00. The molecule has 9 nitrogen and oxygen atoms in total. The Morgan fingerprint density at radius 3 is 2.71 bits per heavy atom. The minimum atomic E-state index is -0.0191. The Labute approximate surface area is 205 Å². The number of likely N-dealkylation sites (N-methyl/N-ethyl adjacent to an activating group) is 1. The van der Waals surface area contributed by atoms with Gasteiger partial charge >= 0.3 is 0 Å². The van der Waals surface area contributed by atoms with Gasteiger partial charge in [0.05, 0.1) is 0 Å². The van der Waals surface area contributed by atoms with Crippen molar-refractivity contribution in [1.29, 1.82) is 5.41 Å². The Balaban J connectivity index is 1.85. The fourth-order valence-electron chi connectivity index (χ4n) is 3.65. The number of nitrogens with one attached hydrogen (secondary N) is 2. The van der Waals surface area contributed by atoms with E-state index >= 15 is 0 Å². The number of carbonyl (C=O) groups excluding carboxylic acids is 1. The van der Waals surface area contributed by atoms with E-state index in [4.69, 9.17) is 16.1 Å². The number of anilines is 2. The standard InChI is InChI=1S/C24H34N8OS/c1-5-23(33)27-17-7-9-19(10-8-17)34-24-29-21(28-20(26)13-16(3)25)14-22(30-24)32-12-11-18(15-32)31(4)6-2/h7-10,14,18,25H,5-6,11-13,15H2,1-4H3,(H,27,33)(H2,26,28,29,30)/t18-/m0/s1. The fraction of sp³-hybridized carbons (Fsp3) is 0.458. The predicted octanol–water partition coefficient (Wildman–Crippen LogP) is 3.93. The number of amides is 1. The van der Waals surface area contributed by atoms with Crippen LogP contribution in [0.15, 0.2) is 45.4 Å². The Morgan fingerprint density at radius 1 is 1.32 bits per heavy atom. The molecule has 1 fully saturated rings. The molecule has 10 heteroatoms. The minimum Gasteiger partial charge on any atom is -0.387 e. The van der Waals surface area contributed by atoms with Crippen molar-refractivity contribution in [3.63, 3.8) is 0 Å². The van der Waals surface area contributed by atoms with Crippen molar-refractivity contribution in [2.24, 2.45) is 10.7 Å². The van der Waals surface area contributed by atoms with Crippen LogP contribution in [-0.2, 0) is 4.79 Å². The van der Waals surface area contributed by atoms with Crippen LogP contribution in [0.3, 0.4) is 0 Å². The second-order valence-electron chi connectivity index (χ2n) is 8.42. The molecule has 4 N–H and O–H groups in total. The summed E-state index contributed by atoms with van der Waals surface area (Å²) in [5, 5.41) is 11.1. The number of benzene rings is 1. The molecule has 1 aromatic heterocycles. The summed E-state index contributed by atoms with van der Waals surface area (Å²) in [6, 6.07) is 9.96. The minimum absolute atomic E-state index is 0.0191. The summed E-state index contributed by atoms with van der Waals surface area (Å²) in [6.45, 7) is 8.52. The molecule has 2 heterocycles. The molecule has 2 aromatic rings. The predicted molar refractivity (Wildman–Crippen MR) is 140 cm³/mol. The maximum absolute atomic E-state index is 11.6. The number of aliphatic imine (C=N–C) groups is 1. The van der Waals surface area contributed by atoms with Gasteiger partial charge in [-0.2, -0.15) is 0 Å². The van der Waals surface area contributed by atoms with Crippen molar-refractivity contribution in [3.8, 4) is 0 Å². The van der Waals surface area contributed by atoms with Crippen molar-refractivity contribution >= 4 is 46.5 Å². The molecule has 182 valence electrons. The lowest BCUT2D eigenvalue weighted by Gasteiger charge is -2.23. The monoisotopic (exact) mass is 482 g/mol. The molecular weight excluding hydrogens is 448 g/mol. The maximum Gasteiger partial charge on any atom is 0.224 e. The highest BCUT2D eigenvalue weighted by molar-refractivity contribution is 7.99. The summed E-state index contributed by atoms with van der Waals surface area (Å²) in [5.41, 5.74) is 7.26. The van der Waals surface area contributed by atoms with E-state index in [-0.39, 0.29) is 5.91 Å². The highest BCUT2D eigenvalue weighted by Crippen LogP contribution is 2.31. The molecule has 0 saturated carbocycles. The molecule has 1 amide bonds. The smallest absolute Gasteiger partial charge is 0.224 e. The van der Waals surface area contributed by atoms with Gasteiger partial charge in [0.15, 0.2) is 11.0 Å². The van der Waals surface area contributed by atoms with E-state index < -0.39 is 0 Å². The van der Waals surface area contributed by atoms with Gasteiger partial charge in [0.1, 0.15) is 11.7 Å². The molecule has 0 aliphatic carbocycles. The number of hydrogen-bond donors (Lipinski definition) is 3. The van der Waals surface area contributed by atoms with E-state index in [0.29, 0.717) is 41.4 Å². The molecule has 0 spiro atoms. The molecule has 1 aromatic carbocycles. The molecule has 0 radical (unpaired) electrons. The molecule has 34 heavy (non-hydrogen) atoms. The Morgan fingerprint density at radius 2 is 2.06 bits per heavy atom. The van der Waals surface area contributed by atoms with Gasteiger partial charge in [-0.25, -0.2) is 15.0 Å². The van der Waals surface area contributed by atoms with E-state index in [1.807, 2.05) is 37.3 Å². The number of amidine groups is 1. The van der Waals surface area contributed by atoms with Gasteiger partial charge in [-0.05, 0) is 63.0 Å². The van der Waals surface area contributed by atoms with Crippen LogP contribution in [0.1, 0.15) is 40.0 Å². The summed E-state index contributed by atoms with van der Waals surface area (Å²) in [5.74, 6) is 1.66. The van der Waals surface area contributed by atoms with Crippen LogP contribution < -0.4 is 16.0 Å². The van der Waals surface area contributed by atoms with Gasteiger partial charge in [0, 0.05) is 54.3 Å². The average Bonchev–Trinajstić information content (AvgIpc) is 3.29. The molecule has 3 rings (SSSR count). The summed E-state index contributed by atoms with van der Waals surface area (Å²) in [6.07, 6.45) is 1.82. The molecule has 1 atom stereocenters. The zero-order chi connectivity index (χ0) is 24.7. The van der Waals surface area contributed by atoms with Gasteiger partial charge < -0.3 is 26.3 Å². The van der Waals surface area contributed by atoms with Crippen molar-refractivity contribution in [2.45, 2.75) is 56.1 Å². The van der Waals surface area contributed by atoms with E-state index in [1.165, 1.54) is 11.8 Å². The van der Waals surface area contributed by atoms with Crippen molar-refractivity contribution in [3.05, 3.63) is 30.3 Å². The van der Waals surface area contributed by atoms with Crippen LogP contribution in [0.25, 0.3) is 0 Å². The molecule has 1 saturated heterocycles.